The van der Waals surface area contributed by atoms with Gasteiger partial charge in [-0.3, -0.25) is 14.2 Å². The van der Waals surface area contributed by atoms with Crippen molar-refractivity contribution in [2.24, 2.45) is 0 Å². The molecule has 37 heavy (non-hydrogen) atoms. The predicted molar refractivity (Wildman–Crippen MR) is 120 cm³/mol. The number of halogens is 5. The van der Waals surface area contributed by atoms with E-state index >= 15 is 0 Å². The van der Waals surface area contributed by atoms with Crippen LogP contribution in [0.25, 0.3) is 16.0 Å². The molecule has 0 radical (unpaired) electrons. The summed E-state index contributed by atoms with van der Waals surface area (Å²) in [5, 5.41) is 6.03. The first kappa shape index (κ1) is 25.2. The summed E-state index contributed by atoms with van der Waals surface area (Å²) in [4.78, 5) is 31.7. The maximum Gasteiger partial charge on any atom is 0.437 e. The lowest BCUT2D eigenvalue weighted by Crippen LogP contribution is -2.27. The largest absolute Gasteiger partial charge is 0.450 e. The Hall–Kier alpha value is -4.86. The van der Waals surface area contributed by atoms with Gasteiger partial charge in [0.05, 0.1) is 30.7 Å². The molecule has 0 unspecified atom stereocenters. The second kappa shape index (κ2) is 9.65. The minimum Gasteiger partial charge on any atom is -0.450 e. The highest BCUT2D eigenvalue weighted by Crippen LogP contribution is 2.37. The summed E-state index contributed by atoms with van der Waals surface area (Å²) in [5.74, 6) is -3.17. The van der Waals surface area contributed by atoms with Gasteiger partial charge in [-0.25, -0.2) is 23.7 Å². The van der Waals surface area contributed by atoms with Crippen molar-refractivity contribution < 1.29 is 26.7 Å². The molecule has 2 aromatic carbocycles. The number of aromatic nitrogens is 4. The van der Waals surface area contributed by atoms with E-state index in [1.165, 1.54) is 25.1 Å². The Balaban J connectivity index is 1.79. The fourth-order valence-electron chi connectivity index (χ4n) is 3.40. The van der Waals surface area contributed by atoms with E-state index in [2.05, 4.69) is 20.0 Å². The number of alkyl halides is 3. The van der Waals surface area contributed by atoms with Crippen LogP contribution < -0.4 is 15.9 Å². The maximum atomic E-state index is 13.9. The van der Waals surface area contributed by atoms with E-state index in [1.807, 2.05) is 0 Å². The Morgan fingerprint density at radius 3 is 2.43 bits per heavy atom. The number of hydrogen-bond donors (Lipinski definition) is 1. The van der Waals surface area contributed by atoms with Crippen molar-refractivity contribution in [3.8, 4) is 22.6 Å². The molecule has 2 heterocycles. The first-order valence-electron chi connectivity index (χ1n) is 10.3. The van der Waals surface area contributed by atoms with Gasteiger partial charge in [0.1, 0.15) is 17.4 Å². The number of H-pyrrole nitrogens is 1. The molecule has 0 spiro atoms. The quantitative estimate of drug-likeness (QED) is 0.299. The summed E-state index contributed by atoms with van der Waals surface area (Å²) in [5.41, 5.74) is -3.25. The van der Waals surface area contributed by atoms with Crippen LogP contribution in [0.4, 0.5) is 27.6 Å². The normalized spacial score (nSPS) is 11.3. The third-order valence-electron chi connectivity index (χ3n) is 5.24. The molecule has 1 N–H and O–H groups in total. The van der Waals surface area contributed by atoms with Crippen molar-refractivity contribution in [2.75, 3.05) is 0 Å². The van der Waals surface area contributed by atoms with Gasteiger partial charge in [-0.1, -0.05) is 12.1 Å². The number of nitrogens with zero attached hydrogens (tertiary/aromatic N) is 4. The average Bonchev–Trinajstić information content (AvgIpc) is 2.84. The maximum absolute atomic E-state index is 13.9. The minimum atomic E-state index is -5.09. The van der Waals surface area contributed by atoms with Gasteiger partial charge in [-0.05, 0) is 42.3 Å². The number of ether oxygens (including phenoxy) is 1. The molecule has 0 amide bonds. The molecule has 0 saturated carbocycles. The minimum absolute atomic E-state index is 0.0190. The zero-order chi connectivity index (χ0) is 26.9. The Labute approximate surface area is 204 Å². The van der Waals surface area contributed by atoms with Gasteiger partial charge in [0.2, 0.25) is 5.75 Å². The summed E-state index contributed by atoms with van der Waals surface area (Å²) < 4.78 is 74.0. The lowest BCUT2D eigenvalue weighted by molar-refractivity contribution is -0.142. The molecule has 4 rings (SSSR count). The van der Waals surface area contributed by atoms with Crippen molar-refractivity contribution in [1.82, 2.24) is 19.7 Å². The fourth-order valence-corrected chi connectivity index (χ4v) is 3.40. The Morgan fingerprint density at radius 2 is 1.78 bits per heavy atom. The van der Waals surface area contributed by atoms with Gasteiger partial charge in [-0.15, -0.1) is 0 Å². The van der Waals surface area contributed by atoms with Crippen LogP contribution in [0.5, 0.6) is 11.5 Å². The average molecular weight is 515 g/mol. The first-order chi connectivity index (χ1) is 17.5. The van der Waals surface area contributed by atoms with Gasteiger partial charge in [0.25, 0.3) is 11.1 Å². The molecule has 188 valence electrons. The lowest BCUT2D eigenvalue weighted by atomic mass is 10.1. The molecule has 0 atom stereocenters. The van der Waals surface area contributed by atoms with Crippen LogP contribution in [0.3, 0.4) is 0 Å². The Kier molecular flexibility index (Phi) is 6.58. The van der Waals surface area contributed by atoms with Crippen LogP contribution in [0.1, 0.15) is 17.0 Å². The van der Waals surface area contributed by atoms with E-state index in [9.17, 15) is 31.5 Å². The van der Waals surface area contributed by atoms with E-state index in [-0.39, 0.29) is 22.5 Å². The molecule has 0 aliphatic heterocycles. The molecule has 0 saturated heterocycles. The van der Waals surface area contributed by atoms with Crippen LogP contribution in [-0.2, 0) is 12.7 Å². The van der Waals surface area contributed by atoms with Crippen molar-refractivity contribution >= 4 is 5.69 Å². The molecule has 2 aromatic heterocycles. The van der Waals surface area contributed by atoms with Crippen LogP contribution in [0.15, 0.2) is 58.4 Å². The number of benzene rings is 2. The van der Waals surface area contributed by atoms with E-state index in [1.54, 1.807) is 0 Å². The van der Waals surface area contributed by atoms with Crippen molar-refractivity contribution in [1.29, 1.82) is 0 Å². The van der Waals surface area contributed by atoms with Gasteiger partial charge in [0.15, 0.2) is 11.4 Å². The molecule has 13 heteroatoms. The van der Waals surface area contributed by atoms with Crippen LogP contribution >= 0.6 is 0 Å². The number of rotatable bonds is 5. The molecule has 0 aliphatic carbocycles. The summed E-state index contributed by atoms with van der Waals surface area (Å²) in [7, 11) is 0. The van der Waals surface area contributed by atoms with Gasteiger partial charge in [-0.2, -0.15) is 18.3 Å². The van der Waals surface area contributed by atoms with Crippen LogP contribution in [-0.4, -0.2) is 19.7 Å². The molecule has 0 bridgehead atoms. The zero-order valence-corrected chi connectivity index (χ0v) is 18.7. The standard InChI is InChI=1S/C24H14F5N5O3/c1-12-18(30-2)7-15(26)8-19(12)37-20-21(24(27,28)29)31-11-34(23(20)36)10-16-9-17(22(35)33-32-16)13-3-5-14(25)6-4-13/h3-9,11H,10H2,1H3,(H,33,35). The molecular weight excluding hydrogens is 501 g/mol. The number of aromatic amines is 1. The SMILES string of the molecule is [C-]#[N+]c1cc(F)cc(Oc2c(C(F)(F)F)ncn(Cc3cc(-c4ccc(F)cc4)c(=O)[nH]n3)c2=O)c1C. The molecule has 0 aliphatic rings. The Morgan fingerprint density at radius 1 is 1.08 bits per heavy atom. The first-order valence-corrected chi connectivity index (χ1v) is 10.3. The molecule has 0 fully saturated rings. The highest BCUT2D eigenvalue weighted by atomic mass is 19.4. The topological polar surface area (TPSA) is 94.2 Å². The van der Waals surface area contributed by atoms with E-state index < -0.39 is 52.7 Å². The molecule has 4 aromatic rings. The lowest BCUT2D eigenvalue weighted by Gasteiger charge is -2.16. The second-order valence-electron chi connectivity index (χ2n) is 7.72. The summed E-state index contributed by atoms with van der Waals surface area (Å²) >= 11 is 0. The van der Waals surface area contributed by atoms with E-state index in [0.29, 0.717) is 11.9 Å². The number of hydrogen-bond acceptors (Lipinski definition) is 5. The van der Waals surface area contributed by atoms with Crippen molar-refractivity contribution in [3.05, 3.63) is 110 Å². The Bertz CT molecular complexity index is 1650. The van der Waals surface area contributed by atoms with Crippen LogP contribution in [0, 0.1) is 25.1 Å². The van der Waals surface area contributed by atoms with Crippen molar-refractivity contribution in [2.45, 2.75) is 19.6 Å². The van der Waals surface area contributed by atoms with Gasteiger partial charge >= 0.3 is 6.18 Å². The monoisotopic (exact) mass is 515 g/mol. The second-order valence-corrected chi connectivity index (χ2v) is 7.72. The van der Waals surface area contributed by atoms with Gasteiger partial charge in [0, 0.05) is 6.07 Å². The zero-order valence-electron chi connectivity index (χ0n) is 18.7. The van der Waals surface area contributed by atoms with E-state index in [4.69, 9.17) is 11.3 Å². The van der Waals surface area contributed by atoms with Gasteiger partial charge < -0.3 is 4.74 Å². The molecule has 8 nitrogen and oxygen atoms in total. The highest BCUT2D eigenvalue weighted by Gasteiger charge is 2.39. The molecular formula is C24H14F5N5O3. The summed E-state index contributed by atoms with van der Waals surface area (Å²) in [6, 6.07) is 7.88. The highest BCUT2D eigenvalue weighted by molar-refractivity contribution is 5.62. The predicted octanol–water partition coefficient (Wildman–Crippen LogP) is 4.99. The third kappa shape index (κ3) is 5.22. The third-order valence-corrected chi connectivity index (χ3v) is 5.24. The summed E-state index contributed by atoms with van der Waals surface area (Å²) in [6.07, 6.45) is -4.46. The van der Waals surface area contributed by atoms with E-state index in [0.717, 1.165) is 28.8 Å². The van der Waals surface area contributed by atoms with Crippen molar-refractivity contribution in [3.63, 3.8) is 0 Å². The smallest absolute Gasteiger partial charge is 0.437 e. The summed E-state index contributed by atoms with van der Waals surface area (Å²) in [6.45, 7) is 7.99. The number of nitrogens with one attached hydrogen (secondary N) is 1. The fraction of sp³-hybridized carbons (Fsp3) is 0.125. The van der Waals surface area contributed by atoms with Crippen LogP contribution in [0.2, 0.25) is 0 Å².